The van der Waals surface area contributed by atoms with Crippen LogP contribution in [0, 0.1) is 0 Å². The molecule has 2 aromatic rings. The van der Waals surface area contributed by atoms with Gasteiger partial charge in [-0.05, 0) is 50.2 Å². The molecule has 0 aliphatic rings. The number of esters is 1. The fourth-order valence-electron chi connectivity index (χ4n) is 2.41. The van der Waals surface area contributed by atoms with E-state index in [1.54, 1.807) is 12.1 Å². The van der Waals surface area contributed by atoms with Crippen molar-refractivity contribution in [1.82, 2.24) is 0 Å². The third-order valence-electron chi connectivity index (χ3n) is 3.80. The lowest BCUT2D eigenvalue weighted by molar-refractivity contribution is -0.126. The highest BCUT2D eigenvalue weighted by molar-refractivity contribution is 7.90. The number of carbonyl (C=O) groups is 2. The molecule has 0 N–H and O–H groups in total. The average molecular weight is 375 g/mol. The molecule has 1 amide bonds. The highest BCUT2D eigenvalue weighted by atomic mass is 32.2. The number of carbonyl (C=O) groups excluding carboxylic acids is 2. The number of anilines is 1. The van der Waals surface area contributed by atoms with Crippen molar-refractivity contribution in [2.24, 2.45) is 0 Å². The second-order valence-corrected chi connectivity index (χ2v) is 7.78. The zero-order valence-corrected chi connectivity index (χ0v) is 15.7. The van der Waals surface area contributed by atoms with E-state index in [4.69, 9.17) is 4.74 Å². The summed E-state index contributed by atoms with van der Waals surface area (Å²) in [5.74, 6) is -1.02. The van der Waals surface area contributed by atoms with Crippen LogP contribution in [0.4, 0.5) is 5.69 Å². The van der Waals surface area contributed by atoms with Gasteiger partial charge in [0.15, 0.2) is 15.9 Å². The second-order valence-electron chi connectivity index (χ2n) is 5.76. The van der Waals surface area contributed by atoms with Gasteiger partial charge in [0.1, 0.15) is 0 Å². The molecule has 1 atom stereocenters. The fourth-order valence-corrected chi connectivity index (χ4v) is 3.04. The molecule has 6 nitrogen and oxygen atoms in total. The van der Waals surface area contributed by atoms with Crippen LogP contribution in [0.1, 0.15) is 24.2 Å². The standard InChI is InChI=1S/C19H21NO5S/c1-4-20(16-8-6-5-7-9-16)18(21)14(2)25-19(22)15-10-12-17(13-11-15)26(3,23)24/h5-14H,4H2,1-3H3/t14-/m1/s1. The number of ether oxygens (including phenoxy) is 1. The molecule has 2 rings (SSSR count). The summed E-state index contributed by atoms with van der Waals surface area (Å²) < 4.78 is 28.2. The van der Waals surface area contributed by atoms with E-state index < -0.39 is 21.9 Å². The van der Waals surface area contributed by atoms with E-state index in [0.717, 1.165) is 11.9 Å². The molecule has 0 unspecified atom stereocenters. The molecule has 0 saturated carbocycles. The summed E-state index contributed by atoms with van der Waals surface area (Å²) in [5.41, 5.74) is 0.903. The minimum absolute atomic E-state index is 0.111. The van der Waals surface area contributed by atoms with Gasteiger partial charge < -0.3 is 9.64 Å². The predicted molar refractivity (Wildman–Crippen MR) is 98.9 cm³/mol. The Hall–Kier alpha value is -2.67. The number of para-hydroxylation sites is 1. The van der Waals surface area contributed by atoms with Gasteiger partial charge in [0, 0.05) is 18.5 Å². The van der Waals surface area contributed by atoms with Crippen LogP contribution in [0.5, 0.6) is 0 Å². The molecule has 0 bridgehead atoms. The first kappa shape index (κ1) is 19.7. The van der Waals surface area contributed by atoms with E-state index in [2.05, 4.69) is 0 Å². The molecule has 0 spiro atoms. The van der Waals surface area contributed by atoms with E-state index in [9.17, 15) is 18.0 Å². The van der Waals surface area contributed by atoms with E-state index in [1.807, 2.05) is 25.1 Å². The van der Waals surface area contributed by atoms with E-state index in [1.165, 1.54) is 36.1 Å². The number of rotatable bonds is 6. The third kappa shape index (κ3) is 4.70. The summed E-state index contributed by atoms with van der Waals surface area (Å²) >= 11 is 0. The van der Waals surface area contributed by atoms with Crippen molar-refractivity contribution < 1.29 is 22.7 Å². The summed E-state index contributed by atoms with van der Waals surface area (Å²) in [4.78, 5) is 26.5. The van der Waals surface area contributed by atoms with Gasteiger partial charge in [-0.3, -0.25) is 4.79 Å². The molecule has 0 aliphatic carbocycles. The number of amides is 1. The van der Waals surface area contributed by atoms with Crippen LogP contribution in [0.15, 0.2) is 59.5 Å². The van der Waals surface area contributed by atoms with Crippen molar-refractivity contribution in [3.63, 3.8) is 0 Å². The van der Waals surface area contributed by atoms with Gasteiger partial charge in [-0.1, -0.05) is 18.2 Å². The van der Waals surface area contributed by atoms with E-state index >= 15 is 0 Å². The van der Waals surface area contributed by atoms with Gasteiger partial charge in [-0.15, -0.1) is 0 Å². The fraction of sp³-hybridized carbons (Fsp3) is 0.263. The molecule has 138 valence electrons. The predicted octanol–water partition coefficient (Wildman–Crippen LogP) is 2.69. The summed E-state index contributed by atoms with van der Waals surface area (Å²) in [6, 6.07) is 14.5. The molecule has 0 heterocycles. The van der Waals surface area contributed by atoms with Gasteiger partial charge in [-0.2, -0.15) is 0 Å². The molecular weight excluding hydrogens is 354 g/mol. The van der Waals surface area contributed by atoms with Gasteiger partial charge in [0.2, 0.25) is 0 Å². The van der Waals surface area contributed by atoms with Crippen molar-refractivity contribution in [1.29, 1.82) is 0 Å². The normalized spacial score (nSPS) is 12.3. The molecule has 26 heavy (non-hydrogen) atoms. The summed E-state index contributed by atoms with van der Waals surface area (Å²) in [6.45, 7) is 3.79. The van der Waals surface area contributed by atoms with Crippen LogP contribution in [-0.4, -0.2) is 39.2 Å². The number of likely N-dealkylation sites (N-methyl/N-ethyl adjacent to an activating group) is 1. The smallest absolute Gasteiger partial charge is 0.338 e. The van der Waals surface area contributed by atoms with Crippen LogP contribution in [0.25, 0.3) is 0 Å². The van der Waals surface area contributed by atoms with Crippen LogP contribution in [0.2, 0.25) is 0 Å². The average Bonchev–Trinajstić information content (AvgIpc) is 2.62. The molecule has 0 saturated heterocycles. The van der Waals surface area contributed by atoms with Crippen molar-refractivity contribution in [2.75, 3.05) is 17.7 Å². The van der Waals surface area contributed by atoms with Crippen LogP contribution >= 0.6 is 0 Å². The quantitative estimate of drug-likeness (QED) is 0.725. The minimum atomic E-state index is -3.34. The lowest BCUT2D eigenvalue weighted by Crippen LogP contribution is -2.40. The van der Waals surface area contributed by atoms with Crippen molar-refractivity contribution in [3.05, 3.63) is 60.2 Å². The Kier molecular flexibility index (Phi) is 6.15. The molecular formula is C19H21NO5S. The third-order valence-corrected chi connectivity index (χ3v) is 4.93. The maximum Gasteiger partial charge on any atom is 0.338 e. The Bertz CT molecular complexity index is 876. The van der Waals surface area contributed by atoms with E-state index in [0.29, 0.717) is 6.54 Å². The Morgan fingerprint density at radius 2 is 1.62 bits per heavy atom. The van der Waals surface area contributed by atoms with Crippen molar-refractivity contribution in [2.45, 2.75) is 24.8 Å². The number of nitrogens with zero attached hydrogens (tertiary/aromatic N) is 1. The van der Waals surface area contributed by atoms with Gasteiger partial charge in [-0.25, -0.2) is 13.2 Å². The molecule has 0 radical (unpaired) electrons. The Balaban J connectivity index is 2.09. The largest absolute Gasteiger partial charge is 0.449 e. The Labute approximate surface area is 153 Å². The minimum Gasteiger partial charge on any atom is -0.449 e. The zero-order valence-electron chi connectivity index (χ0n) is 14.9. The lowest BCUT2D eigenvalue weighted by Gasteiger charge is -2.24. The van der Waals surface area contributed by atoms with Crippen molar-refractivity contribution in [3.8, 4) is 0 Å². The number of hydrogen-bond acceptors (Lipinski definition) is 5. The highest BCUT2D eigenvalue weighted by Crippen LogP contribution is 2.16. The Morgan fingerprint density at radius 1 is 1.04 bits per heavy atom. The molecule has 0 aliphatic heterocycles. The SMILES string of the molecule is CCN(C(=O)[C@@H](C)OC(=O)c1ccc(S(C)(=O)=O)cc1)c1ccccc1. The van der Waals surface area contributed by atoms with Crippen LogP contribution in [-0.2, 0) is 19.4 Å². The topological polar surface area (TPSA) is 80.8 Å². The Morgan fingerprint density at radius 3 is 2.12 bits per heavy atom. The highest BCUT2D eigenvalue weighted by Gasteiger charge is 2.24. The lowest BCUT2D eigenvalue weighted by atomic mass is 10.2. The molecule has 0 aromatic heterocycles. The number of benzene rings is 2. The number of hydrogen-bond donors (Lipinski definition) is 0. The van der Waals surface area contributed by atoms with Gasteiger partial charge in [0.05, 0.1) is 10.5 Å². The van der Waals surface area contributed by atoms with E-state index in [-0.39, 0.29) is 16.4 Å². The van der Waals surface area contributed by atoms with Gasteiger partial charge in [0.25, 0.3) is 5.91 Å². The first-order valence-electron chi connectivity index (χ1n) is 8.11. The van der Waals surface area contributed by atoms with Gasteiger partial charge >= 0.3 is 5.97 Å². The molecule has 2 aromatic carbocycles. The summed E-state index contributed by atoms with van der Waals surface area (Å²) in [6.07, 6.45) is 0.113. The summed E-state index contributed by atoms with van der Waals surface area (Å²) in [5, 5.41) is 0. The zero-order chi connectivity index (χ0) is 19.3. The maximum absolute atomic E-state index is 12.6. The van der Waals surface area contributed by atoms with Crippen molar-refractivity contribution >= 4 is 27.4 Å². The molecule has 7 heteroatoms. The monoisotopic (exact) mass is 375 g/mol. The summed E-state index contributed by atoms with van der Waals surface area (Å²) in [7, 11) is -3.34. The van der Waals surface area contributed by atoms with Crippen LogP contribution in [0.3, 0.4) is 0 Å². The second kappa shape index (κ2) is 8.14. The maximum atomic E-state index is 12.6. The first-order valence-corrected chi connectivity index (χ1v) is 10.0. The van der Waals surface area contributed by atoms with Crippen LogP contribution < -0.4 is 4.90 Å². The number of sulfone groups is 1. The molecule has 0 fully saturated rings. The first-order chi connectivity index (χ1) is 12.2.